The van der Waals surface area contributed by atoms with Crippen molar-refractivity contribution >= 4 is 11.9 Å². The third-order valence-electron chi connectivity index (χ3n) is 2.30. The molecule has 16 heavy (non-hydrogen) atoms. The van der Waals surface area contributed by atoms with Crippen LogP contribution in [0.2, 0.25) is 0 Å². The molecule has 5 heteroatoms. The molecule has 1 atom stereocenters. The summed E-state index contributed by atoms with van der Waals surface area (Å²) in [5, 5.41) is 17.7. The molecule has 0 saturated carbocycles. The van der Waals surface area contributed by atoms with Crippen molar-refractivity contribution in [2.24, 2.45) is 4.99 Å². The highest BCUT2D eigenvalue weighted by molar-refractivity contribution is 6.32. The second-order valence-corrected chi connectivity index (χ2v) is 3.57. The lowest BCUT2D eigenvalue weighted by atomic mass is 10.1. The van der Waals surface area contributed by atoms with Crippen LogP contribution in [0.3, 0.4) is 0 Å². The predicted octanol–water partition coefficient (Wildman–Crippen LogP) is 0.817. The first kappa shape index (κ1) is 10.5. The van der Waals surface area contributed by atoms with E-state index in [9.17, 15) is 4.79 Å². The fraction of sp³-hybridized carbons (Fsp3) is 0.273. The summed E-state index contributed by atoms with van der Waals surface area (Å²) >= 11 is 0. The zero-order valence-corrected chi connectivity index (χ0v) is 8.46. The van der Waals surface area contributed by atoms with Gasteiger partial charge in [-0.15, -0.1) is 0 Å². The van der Waals surface area contributed by atoms with Gasteiger partial charge in [-0.3, -0.25) is 0 Å². The van der Waals surface area contributed by atoms with E-state index in [1.807, 2.05) is 0 Å². The van der Waals surface area contributed by atoms with Crippen LogP contribution in [0.25, 0.3) is 0 Å². The number of carbonyl (C=O) groups is 1. The van der Waals surface area contributed by atoms with Crippen LogP contribution in [-0.2, 0) is 16.0 Å². The fourth-order valence-corrected chi connectivity index (χ4v) is 1.54. The van der Waals surface area contributed by atoms with Crippen LogP contribution in [0.1, 0.15) is 5.56 Å². The fourth-order valence-electron chi connectivity index (χ4n) is 1.54. The van der Waals surface area contributed by atoms with Gasteiger partial charge in [-0.25, -0.2) is 9.79 Å². The Morgan fingerprint density at radius 1 is 1.44 bits per heavy atom. The Kier molecular flexibility index (Phi) is 2.76. The first-order chi connectivity index (χ1) is 7.65. The summed E-state index contributed by atoms with van der Waals surface area (Å²) in [5.74, 6) is -1.14. The molecule has 2 N–H and O–H groups in total. The highest BCUT2D eigenvalue weighted by Crippen LogP contribution is 2.15. The summed E-state index contributed by atoms with van der Waals surface area (Å²) in [6.45, 7) is 0.294. The second-order valence-electron chi connectivity index (χ2n) is 3.57. The maximum atomic E-state index is 10.6. The number of aliphatic carboxylic acids is 1. The molecule has 0 fully saturated rings. The molecule has 0 radical (unpaired) electrons. The normalized spacial score (nSPS) is 19.0. The van der Waals surface area contributed by atoms with Crippen LogP contribution in [0.15, 0.2) is 29.3 Å². The van der Waals surface area contributed by atoms with Gasteiger partial charge in [0.25, 0.3) is 5.90 Å². The van der Waals surface area contributed by atoms with Crippen LogP contribution in [0.4, 0.5) is 0 Å². The second kappa shape index (κ2) is 4.22. The maximum absolute atomic E-state index is 10.6. The van der Waals surface area contributed by atoms with Crippen LogP contribution in [0, 0.1) is 0 Å². The van der Waals surface area contributed by atoms with Crippen molar-refractivity contribution in [2.45, 2.75) is 12.5 Å². The third-order valence-corrected chi connectivity index (χ3v) is 2.30. The average molecular weight is 221 g/mol. The number of aliphatic imine (C=N–C) groups is 1. The number of nitrogens with zero attached hydrogens (tertiary/aromatic N) is 1. The minimum atomic E-state index is -1.13. The average Bonchev–Trinajstić information content (AvgIpc) is 2.70. The Balaban J connectivity index is 2.01. The maximum Gasteiger partial charge on any atom is 0.391 e. The molecule has 0 aliphatic carbocycles. The van der Waals surface area contributed by atoms with Gasteiger partial charge in [0.05, 0.1) is 6.04 Å². The number of carboxylic acid groups (broad SMARTS) is 1. The van der Waals surface area contributed by atoms with E-state index in [0.29, 0.717) is 13.0 Å². The van der Waals surface area contributed by atoms with Crippen molar-refractivity contribution in [1.82, 2.24) is 0 Å². The highest BCUT2D eigenvalue weighted by Gasteiger charge is 2.23. The molecule has 0 aromatic heterocycles. The molecule has 0 bridgehead atoms. The van der Waals surface area contributed by atoms with Crippen LogP contribution < -0.4 is 0 Å². The molecular formula is C11H11NO4. The SMILES string of the molecule is O=C(O)C1=NC(Cc2ccc(O)cc2)CO1. The summed E-state index contributed by atoms with van der Waals surface area (Å²) in [4.78, 5) is 14.5. The van der Waals surface area contributed by atoms with Gasteiger partial charge in [-0.1, -0.05) is 12.1 Å². The smallest absolute Gasteiger partial charge is 0.391 e. The van der Waals surface area contributed by atoms with Crippen molar-refractivity contribution < 1.29 is 19.7 Å². The number of benzene rings is 1. The number of hydrogen-bond acceptors (Lipinski definition) is 4. The molecule has 1 aliphatic rings. The summed E-state index contributed by atoms with van der Waals surface area (Å²) < 4.78 is 4.92. The first-order valence-corrected chi connectivity index (χ1v) is 4.87. The van der Waals surface area contributed by atoms with Gasteiger partial charge in [0.15, 0.2) is 0 Å². The molecule has 2 rings (SSSR count). The lowest BCUT2D eigenvalue weighted by molar-refractivity contribution is -0.130. The standard InChI is InChI=1S/C11H11NO4/c13-9-3-1-7(2-4-9)5-8-6-16-10(12-8)11(14)15/h1-4,8,13H,5-6H2,(H,14,15). The zero-order valence-electron chi connectivity index (χ0n) is 8.46. The van der Waals surface area contributed by atoms with E-state index in [4.69, 9.17) is 14.9 Å². The van der Waals surface area contributed by atoms with Crippen LogP contribution in [-0.4, -0.2) is 34.7 Å². The summed E-state index contributed by atoms with van der Waals surface area (Å²) in [6.07, 6.45) is 0.608. The molecule has 0 amide bonds. The highest BCUT2D eigenvalue weighted by atomic mass is 16.5. The number of ether oxygens (including phenoxy) is 1. The number of phenolic OH excluding ortho intramolecular Hbond substituents is 1. The van der Waals surface area contributed by atoms with Gasteiger partial charge in [-0.2, -0.15) is 0 Å². The molecule has 0 saturated heterocycles. The van der Waals surface area contributed by atoms with Crippen LogP contribution >= 0.6 is 0 Å². The Hall–Kier alpha value is -2.04. The van der Waals surface area contributed by atoms with E-state index in [0.717, 1.165) is 5.56 Å². The van der Waals surface area contributed by atoms with Gasteiger partial charge in [-0.05, 0) is 24.1 Å². The van der Waals surface area contributed by atoms with Gasteiger partial charge < -0.3 is 14.9 Å². The minimum Gasteiger partial charge on any atom is -0.508 e. The molecular weight excluding hydrogens is 210 g/mol. The Morgan fingerprint density at radius 3 is 2.69 bits per heavy atom. The van der Waals surface area contributed by atoms with E-state index in [2.05, 4.69) is 4.99 Å². The number of hydrogen-bond donors (Lipinski definition) is 2. The Morgan fingerprint density at radius 2 is 2.12 bits per heavy atom. The molecule has 84 valence electrons. The van der Waals surface area contributed by atoms with Crippen molar-refractivity contribution in [3.05, 3.63) is 29.8 Å². The zero-order chi connectivity index (χ0) is 11.5. The Labute approximate surface area is 92.0 Å². The molecule has 0 spiro atoms. The quantitative estimate of drug-likeness (QED) is 0.791. The number of rotatable bonds is 3. The molecule has 1 aromatic rings. The topological polar surface area (TPSA) is 79.1 Å². The number of phenols is 1. The van der Waals surface area contributed by atoms with Crippen molar-refractivity contribution in [3.63, 3.8) is 0 Å². The summed E-state index contributed by atoms with van der Waals surface area (Å²) in [6, 6.07) is 6.59. The van der Waals surface area contributed by atoms with E-state index < -0.39 is 5.97 Å². The monoisotopic (exact) mass is 221 g/mol. The first-order valence-electron chi connectivity index (χ1n) is 4.87. The molecule has 1 aromatic carbocycles. The van der Waals surface area contributed by atoms with Crippen molar-refractivity contribution in [1.29, 1.82) is 0 Å². The van der Waals surface area contributed by atoms with Gasteiger partial charge in [0.2, 0.25) is 0 Å². The summed E-state index contributed by atoms with van der Waals surface area (Å²) in [5.41, 5.74) is 0.988. The molecule has 5 nitrogen and oxygen atoms in total. The van der Waals surface area contributed by atoms with E-state index >= 15 is 0 Å². The van der Waals surface area contributed by atoms with Gasteiger partial charge >= 0.3 is 5.97 Å². The largest absolute Gasteiger partial charge is 0.508 e. The summed E-state index contributed by atoms with van der Waals surface area (Å²) in [7, 11) is 0. The number of aromatic hydroxyl groups is 1. The molecule has 1 heterocycles. The van der Waals surface area contributed by atoms with E-state index in [1.165, 1.54) is 0 Å². The van der Waals surface area contributed by atoms with Gasteiger partial charge in [0, 0.05) is 0 Å². The lowest BCUT2D eigenvalue weighted by Crippen LogP contribution is -2.12. The molecule has 1 unspecified atom stereocenters. The third kappa shape index (κ3) is 2.31. The minimum absolute atomic E-state index is 0.157. The van der Waals surface area contributed by atoms with E-state index in [1.54, 1.807) is 24.3 Å². The van der Waals surface area contributed by atoms with Crippen molar-refractivity contribution in [2.75, 3.05) is 6.61 Å². The van der Waals surface area contributed by atoms with Crippen molar-refractivity contribution in [3.8, 4) is 5.75 Å². The number of carboxylic acids is 1. The van der Waals surface area contributed by atoms with Crippen LogP contribution in [0.5, 0.6) is 5.75 Å². The Bertz CT molecular complexity index is 424. The lowest BCUT2D eigenvalue weighted by Gasteiger charge is -2.04. The molecule has 1 aliphatic heterocycles. The van der Waals surface area contributed by atoms with E-state index in [-0.39, 0.29) is 17.7 Å². The van der Waals surface area contributed by atoms with Gasteiger partial charge in [0.1, 0.15) is 12.4 Å². The predicted molar refractivity (Wildman–Crippen MR) is 56.6 cm³/mol.